The Morgan fingerprint density at radius 2 is 1.71 bits per heavy atom. The number of aliphatic carboxylic acids is 1. The van der Waals surface area contributed by atoms with Gasteiger partial charge in [0.25, 0.3) is 0 Å². The van der Waals surface area contributed by atoms with Gasteiger partial charge in [0.2, 0.25) is 0 Å². The molecule has 0 fully saturated rings. The summed E-state index contributed by atoms with van der Waals surface area (Å²) in [6.07, 6.45) is 8.91. The largest absolute Gasteiger partial charge is 0.490 e. The number of hydrogen-bond donors (Lipinski definition) is 1. The molecular weight excluding hydrogens is 434 g/mol. The van der Waals surface area contributed by atoms with Crippen molar-refractivity contribution in [2.45, 2.75) is 57.8 Å². The Morgan fingerprint density at radius 3 is 2.26 bits per heavy atom. The molecule has 1 aliphatic heterocycles. The number of carbonyl (C=O) groups excluding carboxylic acids is 2. The molecule has 0 saturated heterocycles. The predicted octanol–water partition coefficient (Wildman–Crippen LogP) is 3.99. The highest BCUT2D eigenvalue weighted by Crippen LogP contribution is 2.50. The van der Waals surface area contributed by atoms with Crippen LogP contribution in [-0.2, 0) is 14.4 Å². The van der Waals surface area contributed by atoms with E-state index >= 15 is 0 Å². The maximum atomic E-state index is 13.3. The van der Waals surface area contributed by atoms with E-state index in [4.69, 9.17) is 15.9 Å². The molecule has 0 amide bonds. The van der Waals surface area contributed by atoms with Crippen molar-refractivity contribution in [2.75, 3.05) is 19.8 Å². The van der Waals surface area contributed by atoms with E-state index in [1.54, 1.807) is 6.07 Å². The highest BCUT2D eigenvalue weighted by atomic mass is 16.5. The van der Waals surface area contributed by atoms with Gasteiger partial charge in [-0.2, -0.15) is 0 Å². The first-order valence-electron chi connectivity index (χ1n) is 11.8. The highest BCUT2D eigenvalue weighted by molar-refractivity contribution is 6.06. The summed E-state index contributed by atoms with van der Waals surface area (Å²) < 4.78 is 11.4. The number of nitrogens with zero attached hydrogens (tertiary/aromatic N) is 1. The first-order valence-corrected chi connectivity index (χ1v) is 11.8. The SMILES string of the molecule is C#CCOc1ccc(C2C3=C(CCCC3=O)N(CCC(=O)O)C3=C2C(=O)CCC3)cc1OCC. The summed E-state index contributed by atoms with van der Waals surface area (Å²) >= 11 is 0. The lowest BCUT2D eigenvalue weighted by molar-refractivity contribution is -0.137. The highest BCUT2D eigenvalue weighted by Gasteiger charge is 2.43. The molecule has 4 rings (SSSR count). The van der Waals surface area contributed by atoms with E-state index in [-0.39, 0.29) is 31.1 Å². The third-order valence-corrected chi connectivity index (χ3v) is 6.55. The van der Waals surface area contributed by atoms with E-state index in [0.717, 1.165) is 17.0 Å². The molecule has 7 nitrogen and oxygen atoms in total. The molecule has 3 aliphatic rings. The monoisotopic (exact) mass is 463 g/mol. The van der Waals surface area contributed by atoms with Crippen molar-refractivity contribution < 1.29 is 29.0 Å². The number of benzene rings is 1. The molecule has 0 spiro atoms. The van der Waals surface area contributed by atoms with Gasteiger partial charge in [0.05, 0.1) is 13.0 Å². The van der Waals surface area contributed by atoms with Crippen LogP contribution in [-0.4, -0.2) is 47.3 Å². The number of rotatable bonds is 8. The molecule has 0 aromatic heterocycles. The van der Waals surface area contributed by atoms with Gasteiger partial charge in [-0.1, -0.05) is 12.0 Å². The van der Waals surface area contributed by atoms with Crippen molar-refractivity contribution in [3.63, 3.8) is 0 Å². The number of allylic oxidation sites excluding steroid dienone is 4. The number of hydrogen-bond acceptors (Lipinski definition) is 6. The Bertz CT molecular complexity index is 1080. The number of carboxylic acid groups (broad SMARTS) is 1. The number of Topliss-reactive ketones (excluding diaryl/α,β-unsaturated/α-hetero) is 2. The zero-order valence-electron chi connectivity index (χ0n) is 19.4. The molecule has 0 saturated carbocycles. The molecule has 2 aliphatic carbocycles. The summed E-state index contributed by atoms with van der Waals surface area (Å²) in [7, 11) is 0. The first-order chi connectivity index (χ1) is 16.5. The standard InChI is InChI=1S/C27H29NO6/c1-3-15-34-22-12-11-17(16-23(22)33-4-2)25-26-18(7-5-9-20(26)29)28(14-13-24(31)32)19-8-6-10-21(30)27(19)25/h1,11-12,16,25H,4-10,13-15H2,2H3,(H,31,32). The maximum Gasteiger partial charge on any atom is 0.305 e. The summed E-state index contributed by atoms with van der Waals surface area (Å²) in [5, 5.41) is 9.31. The average Bonchev–Trinajstić information content (AvgIpc) is 2.82. The molecule has 0 atom stereocenters. The fourth-order valence-corrected chi connectivity index (χ4v) is 5.24. The molecule has 1 aromatic rings. The second kappa shape index (κ2) is 10.2. The van der Waals surface area contributed by atoms with Gasteiger partial charge in [-0.3, -0.25) is 14.4 Å². The normalized spacial score (nSPS) is 18.4. The van der Waals surface area contributed by atoms with Gasteiger partial charge in [-0.05, 0) is 50.3 Å². The van der Waals surface area contributed by atoms with E-state index < -0.39 is 11.9 Å². The lowest BCUT2D eigenvalue weighted by Gasteiger charge is -2.44. The molecule has 7 heteroatoms. The number of carbonyl (C=O) groups is 3. The Morgan fingerprint density at radius 1 is 1.06 bits per heavy atom. The van der Waals surface area contributed by atoms with E-state index in [1.165, 1.54) is 0 Å². The van der Waals surface area contributed by atoms with Crippen LogP contribution in [0.2, 0.25) is 0 Å². The van der Waals surface area contributed by atoms with Gasteiger partial charge in [0.15, 0.2) is 23.1 Å². The summed E-state index contributed by atoms with van der Waals surface area (Å²) in [5.41, 5.74) is 3.75. The number of ketones is 2. The van der Waals surface area contributed by atoms with Gasteiger partial charge in [-0.25, -0.2) is 0 Å². The molecule has 1 aromatic carbocycles. The smallest absolute Gasteiger partial charge is 0.305 e. The predicted molar refractivity (Wildman–Crippen MR) is 125 cm³/mol. The van der Waals surface area contributed by atoms with Crippen LogP contribution < -0.4 is 9.47 Å². The number of carboxylic acids is 1. The minimum Gasteiger partial charge on any atom is -0.490 e. The van der Waals surface area contributed by atoms with E-state index in [1.807, 2.05) is 24.0 Å². The third-order valence-electron chi connectivity index (χ3n) is 6.55. The lowest BCUT2D eigenvalue weighted by Crippen LogP contribution is -2.39. The van der Waals surface area contributed by atoms with E-state index in [2.05, 4.69) is 5.92 Å². The second-order valence-corrected chi connectivity index (χ2v) is 8.63. The minimum absolute atomic E-state index is 0.0158. The topological polar surface area (TPSA) is 93.1 Å². The van der Waals surface area contributed by atoms with Crippen LogP contribution in [0.25, 0.3) is 0 Å². The maximum absolute atomic E-state index is 13.3. The Hall–Kier alpha value is -3.53. The second-order valence-electron chi connectivity index (χ2n) is 8.63. The van der Waals surface area contributed by atoms with Gasteiger partial charge in [-0.15, -0.1) is 6.42 Å². The average molecular weight is 464 g/mol. The first kappa shape index (κ1) is 23.6. The van der Waals surface area contributed by atoms with Crippen LogP contribution in [0.15, 0.2) is 40.7 Å². The Balaban J connectivity index is 1.87. The third kappa shape index (κ3) is 4.45. The quantitative estimate of drug-likeness (QED) is 0.583. The molecule has 0 radical (unpaired) electrons. The van der Waals surface area contributed by atoms with Crippen molar-refractivity contribution in [2.24, 2.45) is 0 Å². The molecule has 34 heavy (non-hydrogen) atoms. The van der Waals surface area contributed by atoms with Crippen LogP contribution in [0.4, 0.5) is 0 Å². The molecule has 0 bridgehead atoms. The summed E-state index contributed by atoms with van der Waals surface area (Å²) in [4.78, 5) is 39.9. The fraction of sp³-hybridized carbons (Fsp3) is 0.444. The van der Waals surface area contributed by atoms with E-state index in [9.17, 15) is 19.5 Å². The van der Waals surface area contributed by atoms with Crippen molar-refractivity contribution in [1.29, 1.82) is 0 Å². The van der Waals surface area contributed by atoms with Crippen LogP contribution in [0, 0.1) is 12.3 Å². The molecule has 0 unspecified atom stereocenters. The van der Waals surface area contributed by atoms with Crippen molar-refractivity contribution in [3.8, 4) is 23.8 Å². The molecule has 1 N–H and O–H groups in total. The minimum atomic E-state index is -0.903. The van der Waals surface area contributed by atoms with Gasteiger partial charge < -0.3 is 19.5 Å². The fourth-order valence-electron chi connectivity index (χ4n) is 5.24. The molecular formula is C27H29NO6. The molecule has 1 heterocycles. The summed E-state index contributed by atoms with van der Waals surface area (Å²) in [6.45, 7) is 2.64. The van der Waals surface area contributed by atoms with Crippen LogP contribution in [0.3, 0.4) is 0 Å². The summed E-state index contributed by atoms with van der Waals surface area (Å²) in [6, 6.07) is 5.48. The van der Waals surface area contributed by atoms with Crippen molar-refractivity contribution in [3.05, 3.63) is 46.3 Å². The van der Waals surface area contributed by atoms with Crippen LogP contribution >= 0.6 is 0 Å². The lowest BCUT2D eigenvalue weighted by atomic mass is 9.71. The van der Waals surface area contributed by atoms with Crippen molar-refractivity contribution in [1.82, 2.24) is 4.90 Å². The zero-order valence-corrected chi connectivity index (χ0v) is 19.4. The zero-order chi connectivity index (χ0) is 24.2. The van der Waals surface area contributed by atoms with Gasteiger partial charge >= 0.3 is 5.97 Å². The molecule has 178 valence electrons. The van der Waals surface area contributed by atoms with Gasteiger partial charge in [0, 0.05) is 47.8 Å². The number of ether oxygens (including phenoxy) is 2. The van der Waals surface area contributed by atoms with Crippen molar-refractivity contribution >= 4 is 17.5 Å². The van der Waals surface area contributed by atoms with Crippen LogP contribution in [0.1, 0.15) is 63.4 Å². The van der Waals surface area contributed by atoms with E-state index in [0.29, 0.717) is 67.8 Å². The van der Waals surface area contributed by atoms with Gasteiger partial charge in [0.1, 0.15) is 6.61 Å². The number of terminal acetylenes is 1. The Labute approximate surface area is 199 Å². The summed E-state index contributed by atoms with van der Waals surface area (Å²) in [5.74, 6) is 2.10. The van der Waals surface area contributed by atoms with Crippen LogP contribution in [0.5, 0.6) is 11.5 Å². The Kier molecular flexibility index (Phi) is 7.06.